The van der Waals surface area contributed by atoms with Crippen molar-refractivity contribution in [3.05, 3.63) is 102 Å². The molecular formula is C54H66N12O8. The molecule has 0 radical (unpaired) electrons. The first-order chi connectivity index (χ1) is 35.9. The Morgan fingerprint density at radius 1 is 0.865 bits per heavy atom. The van der Waals surface area contributed by atoms with E-state index in [1.165, 1.54) is 11.3 Å². The number of benzene rings is 2. The largest absolute Gasteiger partial charge is 0.507 e. The van der Waals surface area contributed by atoms with Crippen LogP contribution >= 0.6 is 0 Å². The number of phenolic OH excluding ortho intramolecular Hbond substituents is 1. The number of phenols is 1. The number of nitrogens with zero attached hydrogens (tertiary/aromatic N) is 10. The lowest BCUT2D eigenvalue weighted by atomic mass is 9.91. The zero-order chi connectivity index (χ0) is 51.5. The van der Waals surface area contributed by atoms with E-state index >= 15 is 0 Å². The number of aromatic nitrogens is 5. The highest BCUT2D eigenvalue weighted by atomic mass is 16.5. The molecule has 20 nitrogen and oxygen atoms in total. The summed E-state index contributed by atoms with van der Waals surface area (Å²) >= 11 is 0. The molecule has 0 spiro atoms. The number of anilines is 3. The molecule has 6 aromatic rings. The van der Waals surface area contributed by atoms with Crippen LogP contribution < -0.4 is 30.3 Å². The molecule has 74 heavy (non-hydrogen) atoms. The Labute approximate surface area is 430 Å². The number of likely N-dealkylation sites (tertiary alicyclic amines) is 1. The monoisotopic (exact) mass is 1010 g/mol. The van der Waals surface area contributed by atoms with Crippen molar-refractivity contribution in [1.29, 1.82) is 0 Å². The second kappa shape index (κ2) is 22.0. The van der Waals surface area contributed by atoms with Crippen LogP contribution in [0.4, 0.5) is 17.2 Å². The highest BCUT2D eigenvalue weighted by molar-refractivity contribution is 5.91. The number of fused-ring (bicyclic) bond motifs is 2. The zero-order valence-corrected chi connectivity index (χ0v) is 42.4. The molecule has 8 heterocycles. The van der Waals surface area contributed by atoms with Crippen LogP contribution in [-0.2, 0) is 9.59 Å². The van der Waals surface area contributed by atoms with Crippen molar-refractivity contribution in [2.75, 3.05) is 87.7 Å². The molecule has 2 amide bonds. The van der Waals surface area contributed by atoms with Gasteiger partial charge in [-0.15, -0.1) is 10.2 Å². The maximum Gasteiger partial charge on any atom is 0.254 e. The lowest BCUT2D eigenvalue weighted by molar-refractivity contribution is -0.141. The first-order valence-corrected chi connectivity index (χ1v) is 25.7. The number of nitrogen functional groups attached to an aromatic ring is 1. The van der Waals surface area contributed by atoms with E-state index in [0.717, 1.165) is 86.9 Å². The van der Waals surface area contributed by atoms with Gasteiger partial charge in [0.05, 0.1) is 29.2 Å². The number of hydrogen-bond acceptors (Lipinski definition) is 18. The normalized spacial score (nSPS) is 21.0. The molecule has 4 aliphatic heterocycles. The Kier molecular flexibility index (Phi) is 15.0. The Morgan fingerprint density at radius 2 is 1.57 bits per heavy atom. The van der Waals surface area contributed by atoms with Crippen molar-refractivity contribution in [3.63, 3.8) is 0 Å². The number of β-amino-alcohol motifs (C(OH)–C–C–N with tert-alkyl or cyclic N) is 1. The molecule has 2 bridgehead atoms. The van der Waals surface area contributed by atoms with E-state index in [2.05, 4.69) is 62.4 Å². The van der Waals surface area contributed by atoms with Crippen LogP contribution in [0.15, 0.2) is 94.3 Å². The summed E-state index contributed by atoms with van der Waals surface area (Å²) in [5.74, 6) is 0.924. The van der Waals surface area contributed by atoms with Crippen LogP contribution in [0, 0.1) is 12.8 Å². The van der Waals surface area contributed by atoms with Crippen molar-refractivity contribution in [2.24, 2.45) is 5.92 Å². The van der Waals surface area contributed by atoms with Gasteiger partial charge in [-0.1, -0.05) is 50.2 Å². The smallest absolute Gasteiger partial charge is 0.254 e. The number of amides is 2. The number of carbonyl (C=O) groups is 2. The highest BCUT2D eigenvalue weighted by Crippen LogP contribution is 2.40. The van der Waals surface area contributed by atoms with Gasteiger partial charge in [0.15, 0.2) is 23.7 Å². The van der Waals surface area contributed by atoms with Crippen LogP contribution in [0.1, 0.15) is 69.0 Å². The zero-order valence-electron chi connectivity index (χ0n) is 42.4. The van der Waals surface area contributed by atoms with E-state index in [4.69, 9.17) is 24.1 Å². The van der Waals surface area contributed by atoms with E-state index in [0.29, 0.717) is 60.1 Å². The fourth-order valence-electron chi connectivity index (χ4n) is 11.0. The predicted molar refractivity (Wildman–Crippen MR) is 277 cm³/mol. The van der Waals surface area contributed by atoms with Crippen molar-refractivity contribution in [1.82, 2.24) is 45.3 Å². The van der Waals surface area contributed by atoms with Gasteiger partial charge in [-0.25, -0.2) is 9.97 Å². The van der Waals surface area contributed by atoms with Gasteiger partial charge < -0.3 is 54.4 Å². The maximum atomic E-state index is 14.2. The lowest BCUT2D eigenvalue weighted by Gasteiger charge is -2.43. The Morgan fingerprint density at radius 3 is 2.24 bits per heavy atom. The van der Waals surface area contributed by atoms with Gasteiger partial charge in [0.25, 0.3) is 5.88 Å². The van der Waals surface area contributed by atoms with Gasteiger partial charge in [0.1, 0.15) is 30.9 Å². The van der Waals surface area contributed by atoms with Crippen molar-refractivity contribution < 1.29 is 38.2 Å². The van der Waals surface area contributed by atoms with Crippen molar-refractivity contribution in [2.45, 2.75) is 83.1 Å². The fraction of sp³-hybridized carbons (Fsp3) is 0.463. The number of aliphatic hydroxyl groups is 1. The molecule has 0 aliphatic carbocycles. The number of oxazole rings is 1. The molecule has 6 atom stereocenters. The number of pyridine rings is 1. The lowest BCUT2D eigenvalue weighted by Crippen LogP contribution is -2.54. The standard InChI is InChI=1S/C54H66N12O8/c1-33(2)50(54(70)65-31-41(67)26-45(65)53(69)58-34(3)36-9-11-37(12-10-36)51-35(4)57-32-73-51)47-28-49(61-74-47)72-24-22-63-19-17-62(18-20-63)21-23-71-48-25-38(15-16-56-48)66-39-13-14-40(66)30-64(29-39)44-27-43(59-60-52(44)55)42-7-5-6-8-46(42)68/h5-12,15-16,25,27-28,32-34,39-41,45,50,67-68H,13-14,17-24,26,29-31H2,1-4H3,(H2,55,60)(H,58,69)/t34-,39?,40?,41+,45-,50+/m0/s1. The number of aromatic hydroxyl groups is 1. The fourth-order valence-corrected chi connectivity index (χ4v) is 11.0. The number of nitrogens with one attached hydrogen (secondary N) is 1. The number of carbonyl (C=O) groups excluding carboxylic acids is 2. The number of piperazine rings is 2. The van der Waals surface area contributed by atoms with Gasteiger partial charge in [-0.05, 0) is 67.6 Å². The van der Waals surface area contributed by atoms with Gasteiger partial charge in [-0.3, -0.25) is 19.4 Å². The molecule has 0 saturated carbocycles. The SMILES string of the molecule is Cc1ncoc1-c1ccc([C@H](C)NC(=O)[C@@H]2C[C@@H](O)CN2C(=O)[C@@H](c2cc(OCCN3CCN(CCOc4cc(N5C6CCC5CN(c5cc(-c7ccccc7O)nnc5N)C6)ccn4)CC3)no2)C(C)C)cc1. The minimum Gasteiger partial charge on any atom is -0.507 e. The van der Waals surface area contributed by atoms with E-state index in [1.807, 2.05) is 76.4 Å². The van der Waals surface area contributed by atoms with E-state index in [9.17, 15) is 19.8 Å². The molecule has 4 saturated heterocycles. The summed E-state index contributed by atoms with van der Waals surface area (Å²) in [6.07, 6.45) is 4.66. The number of para-hydroxylation sites is 1. The Hall–Kier alpha value is -7.29. The summed E-state index contributed by atoms with van der Waals surface area (Å²) in [6.45, 7) is 15.2. The number of aryl methyl sites for hydroxylation is 1. The van der Waals surface area contributed by atoms with Crippen LogP contribution in [-0.4, -0.2) is 158 Å². The molecule has 2 unspecified atom stereocenters. The average molecular weight is 1010 g/mol. The first kappa shape index (κ1) is 50.3. The number of nitrogens with two attached hydrogens (primary N) is 1. The highest BCUT2D eigenvalue weighted by Gasteiger charge is 2.44. The molecule has 4 aromatic heterocycles. The summed E-state index contributed by atoms with van der Waals surface area (Å²) in [5.41, 5.74) is 12.1. The second-order valence-corrected chi connectivity index (χ2v) is 20.3. The number of hydrogen-bond donors (Lipinski definition) is 4. The van der Waals surface area contributed by atoms with Crippen LogP contribution in [0.3, 0.4) is 0 Å². The third-order valence-corrected chi connectivity index (χ3v) is 15.0. The van der Waals surface area contributed by atoms with E-state index in [1.54, 1.807) is 18.2 Å². The quantitative estimate of drug-likeness (QED) is 0.0856. The minimum atomic E-state index is -0.847. The van der Waals surface area contributed by atoms with E-state index < -0.39 is 18.1 Å². The van der Waals surface area contributed by atoms with Crippen molar-refractivity contribution in [3.8, 4) is 40.1 Å². The van der Waals surface area contributed by atoms with E-state index in [-0.39, 0.29) is 54.6 Å². The molecule has 5 N–H and O–H groups in total. The third kappa shape index (κ3) is 11.0. The van der Waals surface area contributed by atoms with Gasteiger partial charge in [0, 0.05) is 113 Å². The van der Waals surface area contributed by atoms with Crippen molar-refractivity contribution >= 4 is 29.0 Å². The molecule has 4 aliphatic rings. The molecule has 4 fully saturated rings. The maximum absolute atomic E-state index is 14.2. The summed E-state index contributed by atoms with van der Waals surface area (Å²) < 4.78 is 23.5. The molecule has 2 aromatic carbocycles. The second-order valence-electron chi connectivity index (χ2n) is 20.3. The van der Waals surface area contributed by atoms with Crippen LogP contribution in [0.2, 0.25) is 0 Å². The number of rotatable bonds is 18. The summed E-state index contributed by atoms with van der Waals surface area (Å²) in [5, 5.41) is 36.9. The summed E-state index contributed by atoms with van der Waals surface area (Å²) in [7, 11) is 0. The minimum absolute atomic E-state index is 0.0403. The molecule has 10 rings (SSSR count). The summed E-state index contributed by atoms with van der Waals surface area (Å²) in [6, 6.07) is 21.9. The Bertz CT molecular complexity index is 2870. The van der Waals surface area contributed by atoms with Gasteiger partial charge in [0.2, 0.25) is 17.7 Å². The number of ether oxygens (including phenoxy) is 2. The third-order valence-electron chi connectivity index (χ3n) is 15.0. The molecular weight excluding hydrogens is 945 g/mol. The Balaban J connectivity index is 0.655. The number of aliphatic hydroxyl groups excluding tert-OH is 1. The van der Waals surface area contributed by atoms with Gasteiger partial charge in [-0.2, -0.15) is 0 Å². The topological polar surface area (TPSA) is 238 Å². The molecule has 390 valence electrons. The average Bonchev–Trinajstić information content (AvgIpc) is 4.20. The van der Waals surface area contributed by atoms with Gasteiger partial charge >= 0.3 is 0 Å². The predicted octanol–water partition coefficient (Wildman–Crippen LogP) is 5.29. The summed E-state index contributed by atoms with van der Waals surface area (Å²) in [4.78, 5) is 47.7. The van der Waals surface area contributed by atoms with Crippen LogP contribution in [0.5, 0.6) is 17.5 Å². The molecule has 20 heteroatoms. The van der Waals surface area contributed by atoms with Crippen LogP contribution in [0.25, 0.3) is 22.6 Å². The first-order valence-electron chi connectivity index (χ1n) is 25.7.